The first-order chi connectivity index (χ1) is 9.56. The Labute approximate surface area is 125 Å². The largest absolute Gasteiger partial charge is 0.434 e. The zero-order valence-electron chi connectivity index (χ0n) is 11.4. The Morgan fingerprint density at radius 3 is 2.75 bits per heavy atom. The average Bonchev–Trinajstić information content (AvgIpc) is 2.41. The van der Waals surface area contributed by atoms with Gasteiger partial charge in [0.1, 0.15) is 5.75 Å². The van der Waals surface area contributed by atoms with Gasteiger partial charge in [0.05, 0.1) is 0 Å². The predicted octanol–water partition coefficient (Wildman–Crippen LogP) is 3.13. The minimum atomic E-state index is -2.84. The molecule has 20 heavy (non-hydrogen) atoms. The molecular formula is C13H18BrF2N3O. The van der Waals surface area contributed by atoms with E-state index in [0.717, 1.165) is 17.4 Å². The van der Waals surface area contributed by atoms with Crippen LogP contribution in [-0.4, -0.2) is 26.2 Å². The molecule has 0 spiro atoms. The molecule has 112 valence electrons. The van der Waals surface area contributed by atoms with Crippen molar-refractivity contribution in [2.45, 2.75) is 26.5 Å². The number of nitrogens with zero attached hydrogens (tertiary/aromatic N) is 1. The van der Waals surface area contributed by atoms with E-state index in [1.54, 1.807) is 19.2 Å². The minimum Gasteiger partial charge on any atom is -0.434 e. The maximum atomic E-state index is 12.3. The maximum absolute atomic E-state index is 12.3. The summed E-state index contributed by atoms with van der Waals surface area (Å²) in [5, 5.41) is 6.16. The number of aliphatic imine (C=N–C) groups is 1. The van der Waals surface area contributed by atoms with Gasteiger partial charge in [0.25, 0.3) is 0 Å². The van der Waals surface area contributed by atoms with Crippen LogP contribution in [0.1, 0.15) is 18.9 Å². The summed E-state index contributed by atoms with van der Waals surface area (Å²) in [6.45, 7) is 0.333. The SMILES string of the molecule is CCCNC(=NC)NCc1cc(Br)ccc1OC(F)F. The molecule has 7 heteroatoms. The molecule has 0 fully saturated rings. The highest BCUT2D eigenvalue weighted by molar-refractivity contribution is 9.10. The number of hydrogen-bond donors (Lipinski definition) is 2. The van der Waals surface area contributed by atoms with Crippen molar-refractivity contribution in [3.05, 3.63) is 28.2 Å². The number of ether oxygens (including phenoxy) is 1. The Hall–Kier alpha value is -1.37. The van der Waals surface area contributed by atoms with Gasteiger partial charge >= 0.3 is 6.61 Å². The Kier molecular flexibility index (Phi) is 7.28. The van der Waals surface area contributed by atoms with Crippen LogP contribution in [0.2, 0.25) is 0 Å². The Morgan fingerprint density at radius 2 is 2.15 bits per heavy atom. The molecule has 0 unspecified atom stereocenters. The lowest BCUT2D eigenvalue weighted by atomic mass is 10.2. The van der Waals surface area contributed by atoms with Gasteiger partial charge in [-0.1, -0.05) is 22.9 Å². The first kappa shape index (κ1) is 16.7. The number of hydrogen-bond acceptors (Lipinski definition) is 2. The van der Waals surface area contributed by atoms with Crippen molar-refractivity contribution < 1.29 is 13.5 Å². The van der Waals surface area contributed by atoms with E-state index in [-0.39, 0.29) is 5.75 Å². The first-order valence-corrected chi connectivity index (χ1v) is 7.03. The number of benzene rings is 1. The van der Waals surface area contributed by atoms with Crippen molar-refractivity contribution >= 4 is 21.9 Å². The lowest BCUT2D eigenvalue weighted by Gasteiger charge is -2.14. The molecule has 1 aromatic rings. The van der Waals surface area contributed by atoms with Gasteiger partial charge in [-0.05, 0) is 24.6 Å². The van der Waals surface area contributed by atoms with Gasteiger partial charge in [0.2, 0.25) is 0 Å². The molecule has 1 aromatic carbocycles. The van der Waals surface area contributed by atoms with E-state index >= 15 is 0 Å². The monoisotopic (exact) mass is 349 g/mol. The van der Waals surface area contributed by atoms with Gasteiger partial charge in [-0.15, -0.1) is 0 Å². The van der Waals surface area contributed by atoms with Crippen molar-refractivity contribution in [1.29, 1.82) is 0 Å². The van der Waals surface area contributed by atoms with Crippen LogP contribution in [0.4, 0.5) is 8.78 Å². The summed E-state index contributed by atoms with van der Waals surface area (Å²) in [6, 6.07) is 4.90. The fourth-order valence-corrected chi connectivity index (χ4v) is 1.95. The van der Waals surface area contributed by atoms with Crippen LogP contribution in [0.3, 0.4) is 0 Å². The Balaban J connectivity index is 2.72. The van der Waals surface area contributed by atoms with E-state index in [1.165, 1.54) is 6.07 Å². The highest BCUT2D eigenvalue weighted by Crippen LogP contribution is 2.24. The molecule has 0 heterocycles. The molecule has 0 amide bonds. The molecule has 0 atom stereocenters. The van der Waals surface area contributed by atoms with Gasteiger partial charge in [-0.25, -0.2) is 0 Å². The molecule has 0 radical (unpaired) electrons. The third-order valence-electron chi connectivity index (χ3n) is 2.45. The van der Waals surface area contributed by atoms with Crippen LogP contribution in [0.25, 0.3) is 0 Å². The number of alkyl halides is 2. The summed E-state index contributed by atoms with van der Waals surface area (Å²) in [5.74, 6) is 0.775. The highest BCUT2D eigenvalue weighted by Gasteiger charge is 2.10. The molecule has 4 nitrogen and oxygen atoms in total. The van der Waals surface area contributed by atoms with Gasteiger partial charge in [-0.2, -0.15) is 8.78 Å². The molecule has 0 bridgehead atoms. The minimum absolute atomic E-state index is 0.154. The van der Waals surface area contributed by atoms with E-state index in [2.05, 4.69) is 36.3 Å². The van der Waals surface area contributed by atoms with Crippen LogP contribution in [-0.2, 0) is 6.54 Å². The molecule has 2 N–H and O–H groups in total. The zero-order chi connectivity index (χ0) is 15.0. The second-order valence-corrected chi connectivity index (χ2v) is 4.90. The smallest absolute Gasteiger partial charge is 0.387 e. The van der Waals surface area contributed by atoms with Crippen molar-refractivity contribution in [2.75, 3.05) is 13.6 Å². The van der Waals surface area contributed by atoms with Crippen molar-refractivity contribution in [2.24, 2.45) is 4.99 Å². The number of halogens is 3. The third kappa shape index (κ3) is 5.73. The van der Waals surface area contributed by atoms with Crippen LogP contribution in [0, 0.1) is 0 Å². The van der Waals surface area contributed by atoms with Crippen LogP contribution < -0.4 is 15.4 Å². The second kappa shape index (κ2) is 8.73. The van der Waals surface area contributed by atoms with Crippen LogP contribution >= 0.6 is 15.9 Å². The molecule has 1 rings (SSSR count). The van der Waals surface area contributed by atoms with Gasteiger partial charge in [-0.3, -0.25) is 4.99 Å². The van der Waals surface area contributed by atoms with E-state index in [9.17, 15) is 8.78 Å². The normalized spacial score (nSPS) is 11.6. The van der Waals surface area contributed by atoms with Crippen molar-refractivity contribution in [1.82, 2.24) is 10.6 Å². The maximum Gasteiger partial charge on any atom is 0.387 e. The lowest BCUT2D eigenvalue weighted by Crippen LogP contribution is -2.37. The molecule has 0 aliphatic carbocycles. The molecule has 0 saturated carbocycles. The third-order valence-corrected chi connectivity index (χ3v) is 2.94. The van der Waals surface area contributed by atoms with Crippen molar-refractivity contribution in [3.8, 4) is 5.75 Å². The molecule has 0 saturated heterocycles. The van der Waals surface area contributed by atoms with Gasteiger partial charge in [0, 0.05) is 30.2 Å². The summed E-state index contributed by atoms with van der Waals surface area (Å²) < 4.78 is 30.0. The second-order valence-electron chi connectivity index (χ2n) is 3.98. The quantitative estimate of drug-likeness (QED) is 0.612. The average molecular weight is 350 g/mol. The van der Waals surface area contributed by atoms with E-state index in [4.69, 9.17) is 0 Å². The topological polar surface area (TPSA) is 45.7 Å². The standard InChI is InChI=1S/C13H18BrF2N3O/c1-3-6-18-13(17-2)19-8-9-7-10(14)4-5-11(9)20-12(15)16/h4-5,7,12H,3,6,8H2,1-2H3,(H2,17,18,19). The van der Waals surface area contributed by atoms with Gasteiger partial charge in [0.15, 0.2) is 5.96 Å². The molecule has 0 aliphatic rings. The number of rotatable bonds is 6. The molecule has 0 aromatic heterocycles. The predicted molar refractivity (Wildman–Crippen MR) is 79.3 cm³/mol. The number of guanidine groups is 1. The van der Waals surface area contributed by atoms with Crippen LogP contribution in [0.15, 0.2) is 27.7 Å². The Bertz CT molecular complexity index is 455. The summed E-state index contributed by atoms with van der Waals surface area (Å²) in [7, 11) is 1.66. The van der Waals surface area contributed by atoms with Crippen molar-refractivity contribution in [3.63, 3.8) is 0 Å². The highest BCUT2D eigenvalue weighted by atomic mass is 79.9. The van der Waals surface area contributed by atoms with E-state index < -0.39 is 6.61 Å². The van der Waals surface area contributed by atoms with E-state index in [1.807, 2.05) is 6.92 Å². The zero-order valence-corrected chi connectivity index (χ0v) is 13.0. The molecule has 0 aliphatic heterocycles. The van der Waals surface area contributed by atoms with Crippen LogP contribution in [0.5, 0.6) is 5.75 Å². The fourth-order valence-electron chi connectivity index (χ4n) is 1.54. The molecular weight excluding hydrogens is 332 g/mol. The van der Waals surface area contributed by atoms with Gasteiger partial charge < -0.3 is 15.4 Å². The summed E-state index contributed by atoms with van der Waals surface area (Å²) >= 11 is 3.31. The fraction of sp³-hybridized carbons (Fsp3) is 0.462. The lowest BCUT2D eigenvalue weighted by molar-refractivity contribution is -0.0504. The van der Waals surface area contributed by atoms with E-state index in [0.29, 0.717) is 18.1 Å². The Morgan fingerprint density at radius 1 is 1.40 bits per heavy atom. The summed E-state index contributed by atoms with van der Waals surface area (Å²) in [5.41, 5.74) is 0.624. The first-order valence-electron chi connectivity index (χ1n) is 6.24. The summed E-state index contributed by atoms with van der Waals surface area (Å²) in [6.07, 6.45) is 0.970. The number of nitrogens with one attached hydrogen (secondary N) is 2. The summed E-state index contributed by atoms with van der Waals surface area (Å²) in [4.78, 5) is 4.05.